The minimum absolute atomic E-state index is 0.185. The second-order valence-electron chi connectivity index (χ2n) is 5.54. The fourth-order valence-corrected chi connectivity index (χ4v) is 3.27. The lowest BCUT2D eigenvalue weighted by Gasteiger charge is -2.10. The lowest BCUT2D eigenvalue weighted by molar-refractivity contribution is 0.476. The van der Waals surface area contributed by atoms with Gasteiger partial charge in [0.05, 0.1) is 5.02 Å². The number of hydrogen-bond acceptors (Lipinski definition) is 2. The second kappa shape index (κ2) is 5.90. The Bertz CT molecular complexity index is 1070. The van der Waals surface area contributed by atoms with Crippen LogP contribution in [0.15, 0.2) is 66.7 Å². The van der Waals surface area contributed by atoms with Crippen molar-refractivity contribution in [3.8, 4) is 17.2 Å². The summed E-state index contributed by atoms with van der Waals surface area (Å²) in [5.41, 5.74) is 0. The summed E-state index contributed by atoms with van der Waals surface area (Å²) < 4.78 is 5.96. The Balaban J connectivity index is 1.75. The monoisotopic (exact) mass is 354 g/mol. The third kappa shape index (κ3) is 2.75. The van der Waals surface area contributed by atoms with Crippen LogP contribution in [0.5, 0.6) is 17.2 Å². The molecule has 0 bridgehead atoms. The molecule has 0 fully saturated rings. The highest BCUT2D eigenvalue weighted by molar-refractivity contribution is 6.36. The molecule has 0 unspecified atom stereocenters. The Morgan fingerprint density at radius 1 is 0.667 bits per heavy atom. The standard InChI is InChI=1S/C20H12Cl2O2/c21-19-3-1-2-12-8-15(6-7-17(12)19)24-16-9-13-4-5-14(23)10-18(13)20(22)11-16/h1-11,23H. The van der Waals surface area contributed by atoms with Crippen LogP contribution in [0.25, 0.3) is 21.5 Å². The van der Waals surface area contributed by atoms with Gasteiger partial charge in [-0.05, 0) is 53.2 Å². The number of hydrogen-bond donors (Lipinski definition) is 1. The molecule has 4 aromatic carbocycles. The van der Waals surface area contributed by atoms with Crippen molar-refractivity contribution in [2.75, 3.05) is 0 Å². The number of phenols is 1. The van der Waals surface area contributed by atoms with Crippen LogP contribution in [0, 0.1) is 0 Å². The van der Waals surface area contributed by atoms with Gasteiger partial charge in [-0.1, -0.05) is 41.4 Å². The highest BCUT2D eigenvalue weighted by Gasteiger charge is 2.07. The van der Waals surface area contributed by atoms with Gasteiger partial charge in [-0.3, -0.25) is 0 Å². The zero-order valence-electron chi connectivity index (χ0n) is 12.5. The summed E-state index contributed by atoms with van der Waals surface area (Å²) in [6, 6.07) is 20.2. The molecule has 118 valence electrons. The van der Waals surface area contributed by atoms with E-state index in [4.69, 9.17) is 27.9 Å². The maximum Gasteiger partial charge on any atom is 0.129 e. The highest BCUT2D eigenvalue weighted by Crippen LogP contribution is 2.34. The van der Waals surface area contributed by atoms with Crippen LogP contribution in [0.2, 0.25) is 10.0 Å². The third-order valence-corrected chi connectivity index (χ3v) is 4.54. The van der Waals surface area contributed by atoms with Gasteiger partial charge >= 0.3 is 0 Å². The molecule has 0 atom stereocenters. The average molecular weight is 355 g/mol. The van der Waals surface area contributed by atoms with Crippen LogP contribution in [-0.4, -0.2) is 5.11 Å². The van der Waals surface area contributed by atoms with Crippen LogP contribution < -0.4 is 4.74 Å². The van der Waals surface area contributed by atoms with E-state index >= 15 is 0 Å². The zero-order chi connectivity index (χ0) is 16.7. The molecular weight excluding hydrogens is 343 g/mol. The van der Waals surface area contributed by atoms with Crippen molar-refractivity contribution < 1.29 is 9.84 Å². The van der Waals surface area contributed by atoms with Crippen molar-refractivity contribution in [1.82, 2.24) is 0 Å². The largest absolute Gasteiger partial charge is 0.508 e. The number of rotatable bonds is 2. The molecule has 0 radical (unpaired) electrons. The number of fused-ring (bicyclic) bond motifs is 2. The van der Waals surface area contributed by atoms with Crippen molar-refractivity contribution in [3.63, 3.8) is 0 Å². The predicted octanol–water partition coefficient (Wildman–Crippen LogP) is 6.80. The maximum absolute atomic E-state index is 9.58. The molecule has 0 spiro atoms. The van der Waals surface area contributed by atoms with Gasteiger partial charge in [-0.2, -0.15) is 0 Å². The third-order valence-electron chi connectivity index (χ3n) is 3.90. The summed E-state index contributed by atoms with van der Waals surface area (Å²) in [5.74, 6) is 1.53. The van der Waals surface area contributed by atoms with Crippen molar-refractivity contribution in [2.45, 2.75) is 0 Å². The Morgan fingerprint density at radius 2 is 1.46 bits per heavy atom. The number of phenolic OH excluding ortho intramolecular Hbond substituents is 1. The van der Waals surface area contributed by atoms with E-state index < -0.39 is 0 Å². The lowest BCUT2D eigenvalue weighted by Crippen LogP contribution is -1.86. The van der Waals surface area contributed by atoms with E-state index in [0.717, 1.165) is 21.5 Å². The maximum atomic E-state index is 9.58. The van der Waals surface area contributed by atoms with Gasteiger partial charge in [0.15, 0.2) is 0 Å². The first kappa shape index (κ1) is 15.1. The van der Waals surface area contributed by atoms with Gasteiger partial charge in [0, 0.05) is 21.9 Å². The normalized spacial score (nSPS) is 11.1. The number of ether oxygens (including phenoxy) is 1. The molecule has 4 rings (SSSR count). The number of halogens is 2. The van der Waals surface area contributed by atoms with Crippen LogP contribution in [0.1, 0.15) is 0 Å². The van der Waals surface area contributed by atoms with Gasteiger partial charge in [0.1, 0.15) is 17.2 Å². The van der Waals surface area contributed by atoms with E-state index in [9.17, 15) is 5.11 Å². The molecule has 1 N–H and O–H groups in total. The molecule has 0 aliphatic rings. The Hall–Kier alpha value is -2.42. The lowest BCUT2D eigenvalue weighted by atomic mass is 10.1. The summed E-state index contributed by atoms with van der Waals surface area (Å²) in [4.78, 5) is 0. The smallest absolute Gasteiger partial charge is 0.129 e. The van der Waals surface area contributed by atoms with E-state index in [-0.39, 0.29) is 5.75 Å². The van der Waals surface area contributed by atoms with Crippen molar-refractivity contribution in [2.24, 2.45) is 0 Å². The van der Waals surface area contributed by atoms with E-state index in [1.165, 1.54) is 0 Å². The minimum Gasteiger partial charge on any atom is -0.508 e. The molecule has 0 aliphatic heterocycles. The van der Waals surface area contributed by atoms with E-state index in [1.807, 2.05) is 48.5 Å². The van der Waals surface area contributed by atoms with Crippen molar-refractivity contribution in [3.05, 3.63) is 76.8 Å². The Morgan fingerprint density at radius 3 is 2.33 bits per heavy atom. The highest BCUT2D eigenvalue weighted by atomic mass is 35.5. The van der Waals surface area contributed by atoms with Crippen LogP contribution in [0.4, 0.5) is 0 Å². The van der Waals surface area contributed by atoms with Gasteiger partial charge < -0.3 is 9.84 Å². The summed E-state index contributed by atoms with van der Waals surface area (Å²) >= 11 is 12.5. The molecule has 0 aromatic heterocycles. The summed E-state index contributed by atoms with van der Waals surface area (Å²) in [5, 5.41) is 14.5. The van der Waals surface area contributed by atoms with Gasteiger partial charge in [-0.15, -0.1) is 0 Å². The summed E-state index contributed by atoms with van der Waals surface area (Å²) in [7, 11) is 0. The molecule has 4 aromatic rings. The van der Waals surface area contributed by atoms with Crippen molar-refractivity contribution in [1.29, 1.82) is 0 Å². The molecule has 0 saturated heterocycles. The number of aromatic hydroxyl groups is 1. The molecule has 4 heteroatoms. The average Bonchev–Trinajstić information content (AvgIpc) is 2.56. The summed E-state index contributed by atoms with van der Waals surface area (Å²) in [6.45, 7) is 0. The predicted molar refractivity (Wildman–Crippen MR) is 99.7 cm³/mol. The van der Waals surface area contributed by atoms with Crippen LogP contribution >= 0.6 is 23.2 Å². The van der Waals surface area contributed by atoms with Crippen LogP contribution in [0.3, 0.4) is 0 Å². The molecule has 0 heterocycles. The minimum atomic E-state index is 0.185. The topological polar surface area (TPSA) is 29.5 Å². The van der Waals surface area contributed by atoms with E-state index in [1.54, 1.807) is 18.2 Å². The first-order chi connectivity index (χ1) is 11.6. The van der Waals surface area contributed by atoms with Gasteiger partial charge in [-0.25, -0.2) is 0 Å². The Kier molecular flexibility index (Phi) is 3.72. The quantitative estimate of drug-likeness (QED) is 0.429. The van der Waals surface area contributed by atoms with Gasteiger partial charge in [0.2, 0.25) is 0 Å². The fourth-order valence-electron chi connectivity index (χ4n) is 2.76. The van der Waals surface area contributed by atoms with Crippen LogP contribution in [-0.2, 0) is 0 Å². The molecule has 2 nitrogen and oxygen atoms in total. The van der Waals surface area contributed by atoms with E-state index in [2.05, 4.69) is 0 Å². The molecule has 0 saturated carbocycles. The first-order valence-corrected chi connectivity index (χ1v) is 8.14. The molecule has 0 amide bonds. The zero-order valence-corrected chi connectivity index (χ0v) is 14.0. The van der Waals surface area contributed by atoms with Gasteiger partial charge in [0.25, 0.3) is 0 Å². The number of benzene rings is 4. The fraction of sp³-hybridized carbons (Fsp3) is 0. The second-order valence-corrected chi connectivity index (χ2v) is 6.35. The molecular formula is C20H12Cl2O2. The van der Waals surface area contributed by atoms with Crippen molar-refractivity contribution >= 4 is 44.7 Å². The SMILES string of the molecule is Oc1ccc2cc(Oc3ccc4c(Cl)cccc4c3)cc(Cl)c2c1. The Labute approximate surface area is 148 Å². The summed E-state index contributed by atoms with van der Waals surface area (Å²) in [6.07, 6.45) is 0. The molecule has 0 aliphatic carbocycles. The van der Waals surface area contributed by atoms with E-state index in [0.29, 0.717) is 21.5 Å². The molecule has 24 heavy (non-hydrogen) atoms. The first-order valence-electron chi connectivity index (χ1n) is 7.38.